The van der Waals surface area contributed by atoms with Crippen LogP contribution in [0.5, 0.6) is 0 Å². The fourth-order valence-electron chi connectivity index (χ4n) is 2.91. The minimum Gasteiger partial charge on any atom is -0.466 e. The van der Waals surface area contributed by atoms with Crippen LogP contribution in [0.3, 0.4) is 0 Å². The number of hydrogen-bond donors (Lipinski definition) is 0. The van der Waals surface area contributed by atoms with Crippen molar-refractivity contribution in [3.63, 3.8) is 0 Å². The second-order valence-electron chi connectivity index (χ2n) is 5.60. The number of thiophene rings is 2. The lowest BCUT2D eigenvalue weighted by atomic mass is 10.0. The predicted octanol–water partition coefficient (Wildman–Crippen LogP) is 2.53. The van der Waals surface area contributed by atoms with Crippen LogP contribution in [0.1, 0.15) is 22.7 Å². The van der Waals surface area contributed by atoms with Crippen molar-refractivity contribution in [2.75, 3.05) is 7.11 Å². The first kappa shape index (κ1) is 17.1. The van der Waals surface area contributed by atoms with E-state index >= 15 is 0 Å². The Morgan fingerprint density at radius 3 is 2.69 bits per heavy atom. The Morgan fingerprint density at radius 2 is 2.04 bits per heavy atom. The Labute approximate surface area is 160 Å². The molecule has 26 heavy (non-hydrogen) atoms. The second kappa shape index (κ2) is 6.79. The van der Waals surface area contributed by atoms with Gasteiger partial charge in [-0.25, -0.2) is 9.79 Å². The molecule has 5 nitrogen and oxygen atoms in total. The third-order valence-electron chi connectivity index (χ3n) is 4.06. The summed E-state index contributed by atoms with van der Waals surface area (Å²) in [6.45, 7) is 1.78. The van der Waals surface area contributed by atoms with E-state index in [1.54, 1.807) is 22.8 Å². The zero-order chi connectivity index (χ0) is 18.3. The molecule has 0 aliphatic carbocycles. The molecule has 0 bridgehead atoms. The maximum Gasteiger partial charge on any atom is 0.338 e. The van der Waals surface area contributed by atoms with Crippen molar-refractivity contribution in [2.45, 2.75) is 13.0 Å². The van der Waals surface area contributed by atoms with Crippen molar-refractivity contribution >= 4 is 46.1 Å². The SMILES string of the molecule is COC(=O)C1=C(C)N=c2sc(=Cc3cccs3)c(=O)n2[C@@H]1c1cccs1. The van der Waals surface area contributed by atoms with Gasteiger partial charge in [0.25, 0.3) is 5.56 Å². The van der Waals surface area contributed by atoms with E-state index in [0.29, 0.717) is 20.6 Å². The van der Waals surface area contributed by atoms with Gasteiger partial charge in [0.1, 0.15) is 6.04 Å². The summed E-state index contributed by atoms with van der Waals surface area (Å²) >= 11 is 4.41. The second-order valence-corrected chi connectivity index (χ2v) is 8.57. The van der Waals surface area contributed by atoms with Crippen LogP contribution >= 0.6 is 34.0 Å². The van der Waals surface area contributed by atoms with E-state index in [0.717, 1.165) is 9.75 Å². The molecule has 0 unspecified atom stereocenters. The third-order valence-corrected chi connectivity index (χ3v) is 6.78. The molecule has 0 aromatic carbocycles. The number of methoxy groups -OCH3 is 1. The number of aromatic nitrogens is 1. The number of nitrogens with zero attached hydrogens (tertiary/aromatic N) is 2. The first-order valence-electron chi connectivity index (χ1n) is 7.78. The summed E-state index contributed by atoms with van der Waals surface area (Å²) in [6, 6.07) is 7.23. The molecule has 0 spiro atoms. The highest BCUT2D eigenvalue weighted by Crippen LogP contribution is 2.32. The predicted molar refractivity (Wildman–Crippen MR) is 104 cm³/mol. The fraction of sp³-hybridized carbons (Fsp3) is 0.167. The Bertz CT molecular complexity index is 1170. The molecule has 132 valence electrons. The van der Waals surface area contributed by atoms with Crippen molar-refractivity contribution in [3.05, 3.63) is 75.7 Å². The van der Waals surface area contributed by atoms with E-state index in [2.05, 4.69) is 4.99 Å². The number of carbonyl (C=O) groups excluding carboxylic acids is 1. The largest absolute Gasteiger partial charge is 0.466 e. The van der Waals surface area contributed by atoms with E-state index < -0.39 is 12.0 Å². The molecule has 0 amide bonds. The summed E-state index contributed by atoms with van der Waals surface area (Å²) in [4.78, 5) is 32.6. The molecule has 8 heteroatoms. The Morgan fingerprint density at radius 1 is 1.27 bits per heavy atom. The van der Waals surface area contributed by atoms with Crippen LogP contribution in [-0.4, -0.2) is 17.6 Å². The lowest BCUT2D eigenvalue weighted by Crippen LogP contribution is -2.39. The minimum absolute atomic E-state index is 0.144. The molecule has 3 aromatic rings. The van der Waals surface area contributed by atoms with Crippen LogP contribution in [0.2, 0.25) is 0 Å². The number of hydrogen-bond acceptors (Lipinski definition) is 7. The number of allylic oxidation sites excluding steroid dienone is 1. The van der Waals surface area contributed by atoms with Crippen molar-refractivity contribution < 1.29 is 9.53 Å². The maximum atomic E-state index is 13.1. The molecule has 1 aliphatic heterocycles. The molecule has 0 radical (unpaired) electrons. The van der Waals surface area contributed by atoms with E-state index in [9.17, 15) is 9.59 Å². The molecule has 1 aliphatic rings. The van der Waals surface area contributed by atoms with Crippen LogP contribution in [0.4, 0.5) is 0 Å². The van der Waals surface area contributed by atoms with Gasteiger partial charge in [-0.3, -0.25) is 9.36 Å². The quantitative estimate of drug-likeness (QED) is 0.633. The van der Waals surface area contributed by atoms with Crippen molar-refractivity contribution in [2.24, 2.45) is 4.99 Å². The third kappa shape index (κ3) is 2.80. The summed E-state index contributed by atoms with van der Waals surface area (Å²) in [5, 5.41) is 3.90. The molecule has 1 atom stereocenters. The topological polar surface area (TPSA) is 60.7 Å². The van der Waals surface area contributed by atoms with Gasteiger partial charge in [-0.1, -0.05) is 23.5 Å². The lowest BCUT2D eigenvalue weighted by molar-refractivity contribution is -0.136. The first-order valence-corrected chi connectivity index (χ1v) is 10.4. The van der Waals surface area contributed by atoms with Crippen LogP contribution in [0, 0.1) is 0 Å². The van der Waals surface area contributed by atoms with Gasteiger partial charge in [-0.05, 0) is 35.9 Å². The number of esters is 1. The first-order chi connectivity index (χ1) is 12.6. The van der Waals surface area contributed by atoms with E-state index in [4.69, 9.17) is 4.74 Å². The molecular weight excluding hydrogens is 388 g/mol. The zero-order valence-electron chi connectivity index (χ0n) is 14.0. The standard InChI is InChI=1S/C18H14N2O3S3/c1-10-14(17(22)23-2)15(12-6-4-8-25-12)20-16(21)13(26-18(20)19-10)9-11-5-3-7-24-11/h3-9,15H,1-2H3/t15-/m1/s1. The van der Waals surface area contributed by atoms with Gasteiger partial charge in [0.15, 0.2) is 4.80 Å². The molecule has 4 rings (SSSR count). The molecular formula is C18H14N2O3S3. The highest BCUT2D eigenvalue weighted by Gasteiger charge is 2.33. The summed E-state index contributed by atoms with van der Waals surface area (Å²) < 4.78 is 7.17. The maximum absolute atomic E-state index is 13.1. The molecule has 4 heterocycles. The number of carbonyl (C=O) groups is 1. The summed E-state index contributed by atoms with van der Waals surface area (Å²) in [5.74, 6) is -0.461. The van der Waals surface area contributed by atoms with E-state index in [-0.39, 0.29) is 5.56 Å². The summed E-state index contributed by atoms with van der Waals surface area (Å²) in [5.41, 5.74) is 0.846. The van der Waals surface area contributed by atoms with Gasteiger partial charge in [-0.2, -0.15) is 0 Å². The average molecular weight is 403 g/mol. The highest BCUT2D eigenvalue weighted by molar-refractivity contribution is 7.11. The van der Waals surface area contributed by atoms with Crippen molar-refractivity contribution in [1.82, 2.24) is 4.57 Å². The average Bonchev–Trinajstić information content (AvgIpc) is 3.37. The van der Waals surface area contributed by atoms with Crippen LogP contribution < -0.4 is 14.9 Å². The Hall–Kier alpha value is -2.29. The number of thiazole rings is 1. The molecule has 0 saturated heterocycles. The zero-order valence-corrected chi connectivity index (χ0v) is 16.4. The Balaban J connectivity index is 2.00. The summed E-state index contributed by atoms with van der Waals surface area (Å²) in [6.07, 6.45) is 1.87. The minimum atomic E-state index is -0.510. The lowest BCUT2D eigenvalue weighted by Gasteiger charge is -2.22. The monoisotopic (exact) mass is 402 g/mol. The molecule has 0 N–H and O–H groups in total. The van der Waals surface area contributed by atoms with Crippen LogP contribution in [0.25, 0.3) is 6.08 Å². The smallest absolute Gasteiger partial charge is 0.338 e. The van der Waals surface area contributed by atoms with Gasteiger partial charge < -0.3 is 4.74 Å². The normalized spacial score (nSPS) is 17.2. The summed E-state index contributed by atoms with van der Waals surface area (Å²) in [7, 11) is 1.34. The molecule has 0 fully saturated rings. The van der Waals surface area contributed by atoms with Gasteiger partial charge in [0.05, 0.1) is 22.9 Å². The molecule has 0 saturated carbocycles. The number of rotatable bonds is 3. The van der Waals surface area contributed by atoms with Crippen LogP contribution in [-0.2, 0) is 9.53 Å². The van der Waals surface area contributed by atoms with E-state index in [1.165, 1.54) is 29.8 Å². The number of fused-ring (bicyclic) bond motifs is 1. The van der Waals surface area contributed by atoms with Gasteiger partial charge in [-0.15, -0.1) is 22.7 Å². The Kier molecular flexibility index (Phi) is 4.47. The van der Waals surface area contributed by atoms with Gasteiger partial charge >= 0.3 is 5.97 Å². The molecule has 3 aromatic heterocycles. The highest BCUT2D eigenvalue weighted by atomic mass is 32.1. The van der Waals surface area contributed by atoms with Gasteiger partial charge in [0.2, 0.25) is 0 Å². The van der Waals surface area contributed by atoms with E-state index in [1.807, 2.05) is 41.1 Å². The van der Waals surface area contributed by atoms with Crippen molar-refractivity contribution in [1.29, 1.82) is 0 Å². The fourth-order valence-corrected chi connectivity index (χ4v) is 5.50. The number of ether oxygens (including phenoxy) is 1. The van der Waals surface area contributed by atoms with Crippen molar-refractivity contribution in [3.8, 4) is 0 Å². The van der Waals surface area contributed by atoms with Gasteiger partial charge in [0, 0.05) is 9.75 Å². The van der Waals surface area contributed by atoms with Crippen LogP contribution in [0.15, 0.2) is 56.1 Å².